The van der Waals surface area contributed by atoms with Crippen LogP contribution in [0.4, 0.5) is 0 Å². The molecule has 3 aliphatic rings. The Morgan fingerprint density at radius 1 is 1.26 bits per heavy atom. The molecule has 0 N–H and O–H groups in total. The highest BCUT2D eigenvalue weighted by Gasteiger charge is 2.53. The first-order valence-corrected chi connectivity index (χ1v) is 10.3. The smallest absolute Gasteiger partial charge is 0.184 e. The minimum atomic E-state index is -0.0799. The van der Waals surface area contributed by atoms with Crippen LogP contribution in [0.5, 0.6) is 0 Å². The molecule has 0 spiro atoms. The third-order valence-corrected chi connectivity index (χ3v) is 7.12. The van der Waals surface area contributed by atoms with Crippen LogP contribution in [0.15, 0.2) is 34.9 Å². The van der Waals surface area contributed by atoms with Crippen molar-refractivity contribution in [3.63, 3.8) is 0 Å². The zero-order valence-electron chi connectivity index (χ0n) is 17.7. The number of carbonyl (C=O) groups is 2. The van der Waals surface area contributed by atoms with Crippen molar-refractivity contribution >= 4 is 11.6 Å². The molecule has 0 saturated heterocycles. The van der Waals surface area contributed by atoms with E-state index >= 15 is 0 Å². The van der Waals surface area contributed by atoms with Gasteiger partial charge >= 0.3 is 0 Å². The van der Waals surface area contributed by atoms with Crippen LogP contribution in [0, 0.1) is 22.7 Å². The van der Waals surface area contributed by atoms with Crippen LogP contribution in [0.3, 0.4) is 0 Å². The van der Waals surface area contributed by atoms with Crippen LogP contribution in [0.25, 0.3) is 0 Å². The third-order valence-electron chi connectivity index (χ3n) is 7.12. The van der Waals surface area contributed by atoms with E-state index in [1.54, 1.807) is 6.92 Å². The number of rotatable bonds is 5. The third kappa shape index (κ3) is 3.51. The number of hydrogen-bond acceptors (Lipinski definition) is 3. The van der Waals surface area contributed by atoms with Gasteiger partial charge in [-0.05, 0) is 64.4 Å². The maximum Gasteiger partial charge on any atom is 0.184 e. The summed E-state index contributed by atoms with van der Waals surface area (Å²) >= 11 is 0. The number of Topliss-reactive ketones (excluding diaryl/α,β-unsaturated/α-hetero) is 1. The molecule has 1 saturated carbocycles. The van der Waals surface area contributed by atoms with Gasteiger partial charge in [0.05, 0.1) is 6.10 Å². The number of allylic oxidation sites excluding steroid dienone is 5. The molecule has 3 aliphatic carbocycles. The Hall–Kier alpha value is -1.48. The quantitative estimate of drug-likeness (QED) is 0.492. The fraction of sp³-hybridized carbons (Fsp3) is 0.667. The summed E-state index contributed by atoms with van der Waals surface area (Å²) in [7, 11) is 0. The molecule has 3 rings (SSSR count). The largest absolute Gasteiger partial charge is 0.371 e. The first-order chi connectivity index (χ1) is 12.6. The predicted octanol–water partition coefficient (Wildman–Crippen LogP) is 5.21. The first kappa shape index (κ1) is 20.3. The van der Waals surface area contributed by atoms with Gasteiger partial charge in [-0.1, -0.05) is 44.1 Å². The van der Waals surface area contributed by atoms with E-state index in [2.05, 4.69) is 32.9 Å². The summed E-state index contributed by atoms with van der Waals surface area (Å²) < 4.78 is 5.59. The topological polar surface area (TPSA) is 43.4 Å². The van der Waals surface area contributed by atoms with Gasteiger partial charge in [0.1, 0.15) is 6.61 Å². The highest BCUT2D eigenvalue weighted by molar-refractivity contribution is 5.98. The van der Waals surface area contributed by atoms with Crippen molar-refractivity contribution in [1.82, 2.24) is 0 Å². The van der Waals surface area contributed by atoms with Gasteiger partial charge in [-0.15, -0.1) is 0 Å². The summed E-state index contributed by atoms with van der Waals surface area (Å²) in [5.74, 6) is 1.26. The maximum absolute atomic E-state index is 12.8. The van der Waals surface area contributed by atoms with Crippen molar-refractivity contribution in [2.75, 3.05) is 6.61 Å². The van der Waals surface area contributed by atoms with Crippen LogP contribution in [0.2, 0.25) is 0 Å². The van der Waals surface area contributed by atoms with Crippen molar-refractivity contribution in [3.05, 3.63) is 34.9 Å². The molecule has 0 aromatic carbocycles. The SMILES string of the molecule is CC(=O)/C=C1/CC[C@@H]2C(=CC[C@]3(C)C(C(=O)COC(C)C)=CC[C@@H]23)C1(C)C. The zero-order valence-corrected chi connectivity index (χ0v) is 17.7. The second-order valence-corrected chi connectivity index (χ2v) is 9.57. The summed E-state index contributed by atoms with van der Waals surface area (Å²) in [6.45, 7) is 12.5. The van der Waals surface area contributed by atoms with Gasteiger partial charge in [0.2, 0.25) is 0 Å². The Kier molecular flexibility index (Phi) is 5.37. The molecule has 27 heavy (non-hydrogen) atoms. The second-order valence-electron chi connectivity index (χ2n) is 9.57. The van der Waals surface area contributed by atoms with E-state index in [1.807, 2.05) is 19.9 Å². The Bertz CT molecular complexity index is 735. The molecule has 0 aromatic heterocycles. The monoisotopic (exact) mass is 370 g/mol. The van der Waals surface area contributed by atoms with Gasteiger partial charge in [-0.3, -0.25) is 9.59 Å². The van der Waals surface area contributed by atoms with E-state index in [9.17, 15) is 9.59 Å². The van der Waals surface area contributed by atoms with E-state index in [4.69, 9.17) is 4.74 Å². The molecule has 0 unspecified atom stereocenters. The van der Waals surface area contributed by atoms with Crippen molar-refractivity contribution in [2.24, 2.45) is 22.7 Å². The molecule has 148 valence electrons. The number of fused-ring (bicyclic) bond motifs is 3. The molecule has 3 atom stereocenters. The summed E-state index contributed by atoms with van der Waals surface area (Å²) in [4.78, 5) is 24.5. The number of hydrogen-bond donors (Lipinski definition) is 0. The van der Waals surface area contributed by atoms with Crippen LogP contribution in [-0.4, -0.2) is 24.3 Å². The Balaban J connectivity index is 1.87. The van der Waals surface area contributed by atoms with Crippen LogP contribution >= 0.6 is 0 Å². The van der Waals surface area contributed by atoms with E-state index in [1.165, 1.54) is 11.1 Å². The van der Waals surface area contributed by atoms with Gasteiger partial charge in [-0.25, -0.2) is 0 Å². The molecule has 0 aliphatic heterocycles. The molecule has 3 nitrogen and oxygen atoms in total. The fourth-order valence-corrected chi connectivity index (χ4v) is 5.63. The minimum absolute atomic E-state index is 0.0660. The predicted molar refractivity (Wildman–Crippen MR) is 108 cm³/mol. The van der Waals surface area contributed by atoms with Crippen molar-refractivity contribution in [1.29, 1.82) is 0 Å². The summed E-state index contributed by atoms with van der Waals surface area (Å²) in [5.41, 5.74) is 3.57. The highest BCUT2D eigenvalue weighted by Crippen LogP contribution is 2.61. The molecular weight excluding hydrogens is 336 g/mol. The Morgan fingerprint density at radius 3 is 2.59 bits per heavy atom. The lowest BCUT2D eigenvalue weighted by molar-refractivity contribution is -0.122. The van der Waals surface area contributed by atoms with E-state index in [-0.39, 0.29) is 35.1 Å². The Morgan fingerprint density at radius 2 is 1.96 bits per heavy atom. The molecule has 0 amide bonds. The zero-order chi connectivity index (χ0) is 20.0. The number of carbonyl (C=O) groups excluding carboxylic acids is 2. The first-order valence-electron chi connectivity index (χ1n) is 10.3. The fourth-order valence-electron chi connectivity index (χ4n) is 5.63. The normalized spacial score (nSPS) is 33.4. The molecule has 1 fully saturated rings. The Labute approximate surface area is 163 Å². The van der Waals surface area contributed by atoms with Crippen LogP contribution < -0.4 is 0 Å². The van der Waals surface area contributed by atoms with Gasteiger partial charge < -0.3 is 4.74 Å². The molecule has 3 heteroatoms. The average Bonchev–Trinajstić information content (AvgIpc) is 2.92. The molecular formula is C24H34O3. The molecule has 0 aromatic rings. The van der Waals surface area contributed by atoms with Gasteiger partial charge in [0, 0.05) is 16.4 Å². The lowest BCUT2D eigenvalue weighted by Crippen LogP contribution is -2.43. The van der Waals surface area contributed by atoms with Gasteiger partial charge in [0.15, 0.2) is 11.6 Å². The van der Waals surface area contributed by atoms with Gasteiger partial charge in [0.25, 0.3) is 0 Å². The number of ether oxygens (including phenoxy) is 1. The molecule has 0 bridgehead atoms. The molecule has 0 radical (unpaired) electrons. The highest BCUT2D eigenvalue weighted by atomic mass is 16.5. The summed E-state index contributed by atoms with van der Waals surface area (Å²) in [5, 5.41) is 0. The van der Waals surface area contributed by atoms with Crippen LogP contribution in [-0.2, 0) is 14.3 Å². The molecule has 0 heterocycles. The summed E-state index contributed by atoms with van der Waals surface area (Å²) in [6, 6.07) is 0. The summed E-state index contributed by atoms with van der Waals surface area (Å²) in [6.07, 6.45) is 10.4. The lowest BCUT2D eigenvalue weighted by atomic mass is 9.53. The van der Waals surface area contributed by atoms with Crippen molar-refractivity contribution in [2.45, 2.75) is 73.3 Å². The van der Waals surface area contributed by atoms with Crippen molar-refractivity contribution in [3.8, 4) is 0 Å². The van der Waals surface area contributed by atoms with Crippen molar-refractivity contribution < 1.29 is 14.3 Å². The van der Waals surface area contributed by atoms with E-state index in [0.717, 1.165) is 31.3 Å². The standard InChI is InChI=1S/C24H34O3/c1-15(2)27-14-22(26)21-10-9-20-18-8-7-17(13-16(3)25)23(4,5)19(18)11-12-24(20,21)6/h10-11,13,15,18,20H,7-9,12,14H2,1-6H3/b17-13-/t18-,20+,24+/m1/s1. The second kappa shape index (κ2) is 7.16. The lowest BCUT2D eigenvalue weighted by Gasteiger charge is -2.51. The van der Waals surface area contributed by atoms with Gasteiger partial charge in [-0.2, -0.15) is 0 Å². The van der Waals surface area contributed by atoms with Crippen LogP contribution in [0.1, 0.15) is 67.2 Å². The average molecular weight is 371 g/mol. The minimum Gasteiger partial charge on any atom is -0.371 e. The van der Waals surface area contributed by atoms with E-state index in [0.29, 0.717) is 11.8 Å². The number of ketones is 2. The van der Waals surface area contributed by atoms with E-state index < -0.39 is 0 Å². The maximum atomic E-state index is 12.8.